The number of fused-ring (bicyclic) bond motifs is 1. The molecule has 1 saturated heterocycles. The number of aliphatic carboxylic acids is 1. The third-order valence-corrected chi connectivity index (χ3v) is 4.18. The minimum Gasteiger partial charge on any atom is -0.481 e. The Hall–Kier alpha value is -0.700. The van der Waals surface area contributed by atoms with Gasteiger partial charge in [-0.3, -0.25) is 4.79 Å². The molecular weight excluding hydrogens is 196 g/mol. The largest absolute Gasteiger partial charge is 0.481 e. The van der Waals surface area contributed by atoms with Gasteiger partial charge in [0.05, 0.1) is 5.92 Å². The highest BCUT2D eigenvalue weighted by Crippen LogP contribution is 2.43. The van der Waals surface area contributed by atoms with E-state index in [-0.39, 0.29) is 11.8 Å². The Labute approximate surface area is 88.1 Å². The van der Waals surface area contributed by atoms with Crippen molar-refractivity contribution in [3.8, 4) is 0 Å². The zero-order valence-electron chi connectivity index (χ0n) is 7.98. The molecule has 76 valence electrons. The van der Waals surface area contributed by atoms with Crippen LogP contribution in [0.2, 0.25) is 0 Å². The van der Waals surface area contributed by atoms with Gasteiger partial charge in [0, 0.05) is 11.7 Å². The summed E-state index contributed by atoms with van der Waals surface area (Å²) in [5, 5.41) is 9.06. The number of carboxylic acid groups (broad SMARTS) is 1. The molecule has 1 aliphatic heterocycles. The maximum atomic E-state index is 11.0. The molecule has 2 unspecified atom stereocenters. The van der Waals surface area contributed by atoms with Crippen LogP contribution in [0.1, 0.15) is 19.3 Å². The fraction of sp³-hybridized carbons (Fsp3) is 0.545. The molecule has 2 aliphatic rings. The monoisotopic (exact) mass is 210 g/mol. The molecule has 0 radical (unpaired) electrons. The molecule has 1 N–H and O–H groups in total. The van der Waals surface area contributed by atoms with Gasteiger partial charge in [0.25, 0.3) is 0 Å². The summed E-state index contributed by atoms with van der Waals surface area (Å²) in [5.74, 6) is 0.246. The number of hydrogen-bond acceptors (Lipinski definition) is 2. The second-order valence-electron chi connectivity index (χ2n) is 3.79. The molecule has 2 nitrogen and oxygen atoms in total. The summed E-state index contributed by atoms with van der Waals surface area (Å²) >= 11 is 1.71. The summed E-state index contributed by atoms with van der Waals surface area (Å²) < 4.78 is 0. The first-order valence-electron chi connectivity index (χ1n) is 5.01. The summed E-state index contributed by atoms with van der Waals surface area (Å²) in [5.41, 5.74) is 0. The Kier molecular flexibility index (Phi) is 2.96. The van der Waals surface area contributed by atoms with Crippen molar-refractivity contribution in [2.45, 2.75) is 19.3 Å². The van der Waals surface area contributed by atoms with Crippen LogP contribution in [0.15, 0.2) is 23.1 Å². The van der Waals surface area contributed by atoms with Gasteiger partial charge in [0.1, 0.15) is 0 Å². The molecule has 0 aromatic carbocycles. The number of carbonyl (C=O) groups is 1. The topological polar surface area (TPSA) is 37.3 Å². The molecule has 14 heavy (non-hydrogen) atoms. The van der Waals surface area contributed by atoms with Crippen molar-refractivity contribution < 1.29 is 9.90 Å². The number of rotatable bonds is 1. The van der Waals surface area contributed by atoms with Gasteiger partial charge in [0.15, 0.2) is 0 Å². The SMILES string of the molecule is O=C(O)C1CSC2=CC=CCCCC21. The molecule has 1 fully saturated rings. The fourth-order valence-corrected chi connectivity index (χ4v) is 3.50. The normalized spacial score (nSPS) is 31.6. The van der Waals surface area contributed by atoms with Crippen molar-refractivity contribution in [3.63, 3.8) is 0 Å². The second kappa shape index (κ2) is 4.22. The van der Waals surface area contributed by atoms with E-state index in [4.69, 9.17) is 5.11 Å². The van der Waals surface area contributed by atoms with Gasteiger partial charge in [-0.25, -0.2) is 0 Å². The van der Waals surface area contributed by atoms with Crippen LogP contribution in [0.3, 0.4) is 0 Å². The van der Waals surface area contributed by atoms with E-state index in [1.54, 1.807) is 11.8 Å². The summed E-state index contributed by atoms with van der Waals surface area (Å²) in [4.78, 5) is 12.3. The predicted octanol–water partition coefficient (Wildman–Crippen LogP) is 2.67. The Morgan fingerprint density at radius 1 is 1.57 bits per heavy atom. The number of allylic oxidation sites excluding steroid dienone is 4. The molecule has 0 saturated carbocycles. The van der Waals surface area contributed by atoms with Crippen LogP contribution in [0.5, 0.6) is 0 Å². The van der Waals surface area contributed by atoms with Gasteiger partial charge in [-0.15, -0.1) is 11.8 Å². The molecule has 0 bridgehead atoms. The maximum absolute atomic E-state index is 11.0. The molecule has 2 rings (SSSR count). The lowest BCUT2D eigenvalue weighted by atomic mass is 9.88. The fourth-order valence-electron chi connectivity index (χ4n) is 2.08. The molecular formula is C11H14O2S. The summed E-state index contributed by atoms with van der Waals surface area (Å²) in [6.45, 7) is 0. The molecule has 0 amide bonds. The first kappa shape index (κ1) is 9.84. The Bertz CT molecular complexity index is 294. The van der Waals surface area contributed by atoms with Crippen LogP contribution >= 0.6 is 11.8 Å². The predicted molar refractivity (Wildman–Crippen MR) is 58.1 cm³/mol. The lowest BCUT2D eigenvalue weighted by Crippen LogP contribution is -2.21. The van der Waals surface area contributed by atoms with E-state index in [1.165, 1.54) is 4.91 Å². The average molecular weight is 210 g/mol. The van der Waals surface area contributed by atoms with Gasteiger partial charge in [0.2, 0.25) is 0 Å². The van der Waals surface area contributed by atoms with Crippen molar-refractivity contribution in [2.75, 3.05) is 5.75 Å². The van der Waals surface area contributed by atoms with E-state index in [2.05, 4.69) is 18.2 Å². The van der Waals surface area contributed by atoms with Gasteiger partial charge in [-0.2, -0.15) is 0 Å². The highest BCUT2D eigenvalue weighted by molar-refractivity contribution is 8.03. The Morgan fingerprint density at radius 2 is 2.43 bits per heavy atom. The summed E-state index contributed by atoms with van der Waals surface area (Å²) in [7, 11) is 0. The van der Waals surface area contributed by atoms with E-state index in [0.29, 0.717) is 0 Å². The molecule has 0 spiro atoms. The number of thioether (sulfide) groups is 1. The number of hydrogen-bond donors (Lipinski definition) is 1. The zero-order valence-corrected chi connectivity index (χ0v) is 8.80. The van der Waals surface area contributed by atoms with Gasteiger partial charge >= 0.3 is 5.97 Å². The van der Waals surface area contributed by atoms with Crippen molar-refractivity contribution in [1.82, 2.24) is 0 Å². The van der Waals surface area contributed by atoms with Crippen LogP contribution in [-0.4, -0.2) is 16.8 Å². The molecule has 2 atom stereocenters. The molecule has 0 aromatic rings. The maximum Gasteiger partial charge on any atom is 0.307 e. The first-order valence-corrected chi connectivity index (χ1v) is 6.00. The van der Waals surface area contributed by atoms with Crippen molar-refractivity contribution in [3.05, 3.63) is 23.1 Å². The van der Waals surface area contributed by atoms with Crippen LogP contribution in [0.4, 0.5) is 0 Å². The summed E-state index contributed by atoms with van der Waals surface area (Å²) in [6.07, 6.45) is 9.55. The molecule has 3 heteroatoms. The molecule has 0 aromatic heterocycles. The van der Waals surface area contributed by atoms with Crippen molar-refractivity contribution >= 4 is 17.7 Å². The standard InChI is InChI=1S/C11H14O2S/c12-11(13)9-7-14-10-6-4-2-1-3-5-8(9)10/h2,4,6,8-9H,1,3,5,7H2,(H,12,13). The lowest BCUT2D eigenvalue weighted by Gasteiger charge is -2.16. The smallest absolute Gasteiger partial charge is 0.307 e. The number of carboxylic acids is 1. The average Bonchev–Trinajstić information content (AvgIpc) is 2.47. The first-order chi connectivity index (χ1) is 6.79. The van der Waals surface area contributed by atoms with Crippen LogP contribution in [0, 0.1) is 11.8 Å². The quantitative estimate of drug-likeness (QED) is 0.723. The minimum atomic E-state index is -0.629. The summed E-state index contributed by atoms with van der Waals surface area (Å²) in [6, 6.07) is 0. The van der Waals surface area contributed by atoms with Crippen LogP contribution in [0.25, 0.3) is 0 Å². The van der Waals surface area contributed by atoms with Gasteiger partial charge in [-0.05, 0) is 24.2 Å². The minimum absolute atomic E-state index is 0.155. The lowest BCUT2D eigenvalue weighted by molar-refractivity contribution is -0.142. The van der Waals surface area contributed by atoms with Crippen LogP contribution < -0.4 is 0 Å². The molecule has 1 aliphatic carbocycles. The zero-order chi connectivity index (χ0) is 9.97. The second-order valence-corrected chi connectivity index (χ2v) is 4.88. The molecule has 1 heterocycles. The van der Waals surface area contributed by atoms with E-state index >= 15 is 0 Å². The van der Waals surface area contributed by atoms with Gasteiger partial charge < -0.3 is 5.11 Å². The Morgan fingerprint density at radius 3 is 3.21 bits per heavy atom. The highest BCUT2D eigenvalue weighted by atomic mass is 32.2. The Balaban J connectivity index is 2.19. The van der Waals surface area contributed by atoms with Crippen molar-refractivity contribution in [2.24, 2.45) is 11.8 Å². The van der Waals surface area contributed by atoms with E-state index < -0.39 is 5.97 Å². The van der Waals surface area contributed by atoms with E-state index in [1.807, 2.05) is 0 Å². The van der Waals surface area contributed by atoms with Crippen LogP contribution in [-0.2, 0) is 4.79 Å². The van der Waals surface area contributed by atoms with Gasteiger partial charge in [-0.1, -0.05) is 18.2 Å². The third kappa shape index (κ3) is 1.87. The van der Waals surface area contributed by atoms with E-state index in [9.17, 15) is 4.79 Å². The van der Waals surface area contributed by atoms with E-state index in [0.717, 1.165) is 25.0 Å². The highest BCUT2D eigenvalue weighted by Gasteiger charge is 2.36. The third-order valence-electron chi connectivity index (χ3n) is 2.88. The van der Waals surface area contributed by atoms with Crippen molar-refractivity contribution in [1.29, 1.82) is 0 Å².